The van der Waals surface area contributed by atoms with Crippen LogP contribution >= 0.6 is 34.8 Å². The fourth-order valence-electron chi connectivity index (χ4n) is 2.92. The van der Waals surface area contributed by atoms with Crippen molar-refractivity contribution in [1.82, 2.24) is 14.8 Å². The standard InChI is InChI=1S/C17H11Cl3N3O/c18-11-5-6-12(15(20)7-11)16-17(24-16,8-23-10-21-9-22-23)13-3-1-2-4-14(13)19/h1-7,9,16H,8H2/t16?,17-/m1/s1. The Balaban J connectivity index is 1.78. The largest absolute Gasteiger partial charge is 0.354 e. The fourth-order valence-corrected chi connectivity index (χ4v) is 3.73. The predicted octanol–water partition coefficient (Wildman–Crippen LogP) is 4.71. The second-order valence-corrected chi connectivity index (χ2v) is 6.80. The molecule has 1 saturated heterocycles. The molecule has 0 saturated carbocycles. The lowest BCUT2D eigenvalue weighted by molar-refractivity contribution is 0.262. The molecule has 1 radical (unpaired) electrons. The zero-order valence-corrected chi connectivity index (χ0v) is 14.6. The molecule has 1 aromatic heterocycles. The topological polar surface area (TPSA) is 43.2 Å². The van der Waals surface area contributed by atoms with Crippen LogP contribution in [0.25, 0.3) is 0 Å². The molecule has 2 heterocycles. The van der Waals surface area contributed by atoms with Gasteiger partial charge in [-0.05, 0) is 18.2 Å². The zero-order valence-electron chi connectivity index (χ0n) is 12.3. The minimum Gasteiger partial charge on any atom is -0.354 e. The molecule has 0 N–H and O–H groups in total. The minimum atomic E-state index is -0.667. The van der Waals surface area contributed by atoms with E-state index in [1.54, 1.807) is 16.8 Å². The van der Waals surface area contributed by atoms with Crippen LogP contribution in [0.1, 0.15) is 17.2 Å². The quantitative estimate of drug-likeness (QED) is 0.617. The van der Waals surface area contributed by atoms with Gasteiger partial charge in [-0.2, -0.15) is 5.10 Å². The number of hydrogen-bond acceptors (Lipinski definition) is 3. The van der Waals surface area contributed by atoms with Gasteiger partial charge in [-0.25, -0.2) is 9.67 Å². The molecule has 0 bridgehead atoms. The van der Waals surface area contributed by atoms with Crippen LogP contribution in [0, 0.1) is 6.33 Å². The van der Waals surface area contributed by atoms with Crippen molar-refractivity contribution in [3.8, 4) is 0 Å². The Morgan fingerprint density at radius 2 is 1.96 bits per heavy atom. The molecule has 1 aliphatic heterocycles. The fraction of sp³-hybridized carbons (Fsp3) is 0.176. The van der Waals surface area contributed by atoms with Crippen LogP contribution in [0.15, 0.2) is 48.8 Å². The Hall–Kier alpha value is -1.59. The van der Waals surface area contributed by atoms with Gasteiger partial charge in [-0.3, -0.25) is 0 Å². The molecule has 0 spiro atoms. The molecule has 1 aliphatic rings. The van der Waals surface area contributed by atoms with Crippen LogP contribution in [-0.4, -0.2) is 14.8 Å². The van der Waals surface area contributed by atoms with E-state index >= 15 is 0 Å². The van der Waals surface area contributed by atoms with Crippen molar-refractivity contribution in [3.63, 3.8) is 0 Å². The third kappa shape index (κ3) is 2.70. The van der Waals surface area contributed by atoms with Crippen LogP contribution in [-0.2, 0) is 16.9 Å². The van der Waals surface area contributed by atoms with Crippen molar-refractivity contribution >= 4 is 34.8 Å². The van der Waals surface area contributed by atoms with Gasteiger partial charge < -0.3 is 4.74 Å². The highest BCUT2D eigenvalue weighted by molar-refractivity contribution is 6.35. The highest BCUT2D eigenvalue weighted by Gasteiger charge is 2.60. The molecule has 2 aromatic carbocycles. The Labute approximate surface area is 153 Å². The van der Waals surface area contributed by atoms with Crippen molar-refractivity contribution in [3.05, 3.63) is 81.3 Å². The number of epoxide rings is 1. The van der Waals surface area contributed by atoms with Crippen LogP contribution in [0.2, 0.25) is 15.1 Å². The van der Waals surface area contributed by atoms with Crippen molar-refractivity contribution in [2.45, 2.75) is 18.2 Å². The number of nitrogens with zero attached hydrogens (tertiary/aromatic N) is 3. The summed E-state index contributed by atoms with van der Waals surface area (Å²) in [6.07, 6.45) is 3.98. The van der Waals surface area contributed by atoms with E-state index in [-0.39, 0.29) is 6.10 Å². The van der Waals surface area contributed by atoms with Crippen LogP contribution in [0.3, 0.4) is 0 Å². The van der Waals surface area contributed by atoms with Gasteiger partial charge in [0.05, 0.1) is 6.54 Å². The molecular formula is C17H11Cl3N3O. The molecule has 1 fully saturated rings. The molecule has 1 unspecified atom stereocenters. The first kappa shape index (κ1) is 15.9. The molecule has 121 valence electrons. The molecule has 0 amide bonds. The zero-order chi connectivity index (χ0) is 16.7. The summed E-state index contributed by atoms with van der Waals surface area (Å²) in [5.41, 5.74) is 1.08. The number of halogens is 3. The Kier molecular flexibility index (Phi) is 4.01. The third-order valence-electron chi connectivity index (χ3n) is 4.08. The van der Waals surface area contributed by atoms with Crippen molar-refractivity contribution in [1.29, 1.82) is 0 Å². The van der Waals surface area contributed by atoms with Gasteiger partial charge in [0.25, 0.3) is 0 Å². The van der Waals surface area contributed by atoms with E-state index in [4.69, 9.17) is 39.5 Å². The number of rotatable bonds is 4. The van der Waals surface area contributed by atoms with Crippen molar-refractivity contribution < 1.29 is 4.74 Å². The molecule has 4 rings (SSSR count). The highest BCUT2D eigenvalue weighted by Crippen LogP contribution is 2.60. The second kappa shape index (κ2) is 6.05. The van der Waals surface area contributed by atoms with Gasteiger partial charge in [0.15, 0.2) is 6.33 Å². The summed E-state index contributed by atoms with van der Waals surface area (Å²) < 4.78 is 7.74. The summed E-state index contributed by atoms with van der Waals surface area (Å²) in [5.74, 6) is 0. The Morgan fingerprint density at radius 1 is 1.12 bits per heavy atom. The van der Waals surface area contributed by atoms with E-state index in [0.29, 0.717) is 21.6 Å². The van der Waals surface area contributed by atoms with Gasteiger partial charge >= 0.3 is 0 Å². The van der Waals surface area contributed by atoms with Gasteiger partial charge in [0, 0.05) is 26.2 Å². The maximum Gasteiger partial charge on any atom is 0.196 e. The Bertz CT molecular complexity index is 885. The average Bonchev–Trinajstić information content (AvgIpc) is 3.01. The van der Waals surface area contributed by atoms with Crippen LogP contribution in [0.5, 0.6) is 0 Å². The summed E-state index contributed by atoms with van der Waals surface area (Å²) in [4.78, 5) is 3.87. The maximum absolute atomic E-state index is 6.42. The van der Waals surface area contributed by atoms with Gasteiger partial charge in [0.2, 0.25) is 0 Å². The first-order valence-corrected chi connectivity index (χ1v) is 8.37. The number of benzene rings is 2. The predicted molar refractivity (Wildman–Crippen MR) is 92.3 cm³/mol. The molecule has 4 nitrogen and oxygen atoms in total. The molecular weight excluding hydrogens is 369 g/mol. The van der Waals surface area contributed by atoms with Gasteiger partial charge in [-0.1, -0.05) is 59.1 Å². The smallest absolute Gasteiger partial charge is 0.196 e. The third-order valence-corrected chi connectivity index (χ3v) is 4.97. The van der Waals surface area contributed by atoms with Crippen molar-refractivity contribution in [2.24, 2.45) is 0 Å². The van der Waals surface area contributed by atoms with Crippen molar-refractivity contribution in [2.75, 3.05) is 0 Å². The summed E-state index contributed by atoms with van der Waals surface area (Å²) in [6, 6.07) is 13.0. The van der Waals surface area contributed by atoms with E-state index in [1.807, 2.05) is 30.3 Å². The minimum absolute atomic E-state index is 0.250. The summed E-state index contributed by atoms with van der Waals surface area (Å²) in [5, 5.41) is 5.90. The SMILES string of the molecule is Clc1ccc(C2O[C@]2(Cn2[c]ncn2)c2ccccc2Cl)c(Cl)c1. The highest BCUT2D eigenvalue weighted by atomic mass is 35.5. The van der Waals surface area contributed by atoms with E-state index in [1.165, 1.54) is 6.33 Å². The summed E-state index contributed by atoms with van der Waals surface area (Å²) in [7, 11) is 0. The lowest BCUT2D eigenvalue weighted by Crippen LogP contribution is -2.20. The normalized spacial score (nSPS) is 22.5. The van der Waals surface area contributed by atoms with Crippen LogP contribution < -0.4 is 0 Å². The van der Waals surface area contributed by atoms with E-state index in [9.17, 15) is 0 Å². The molecule has 0 aliphatic carbocycles. The lowest BCUT2D eigenvalue weighted by atomic mass is 9.91. The monoisotopic (exact) mass is 378 g/mol. The molecule has 24 heavy (non-hydrogen) atoms. The summed E-state index contributed by atoms with van der Waals surface area (Å²) >= 11 is 18.8. The molecule has 3 aromatic rings. The lowest BCUT2D eigenvalue weighted by Gasteiger charge is -2.15. The molecule has 7 heteroatoms. The summed E-state index contributed by atoms with van der Waals surface area (Å²) in [6.45, 7) is 0.431. The number of aromatic nitrogens is 3. The first-order chi connectivity index (χ1) is 11.6. The van der Waals surface area contributed by atoms with E-state index in [2.05, 4.69) is 16.4 Å². The maximum atomic E-state index is 6.42. The van der Waals surface area contributed by atoms with Gasteiger partial charge in [0.1, 0.15) is 18.0 Å². The number of ether oxygens (including phenoxy) is 1. The Morgan fingerprint density at radius 3 is 2.67 bits per heavy atom. The second-order valence-electron chi connectivity index (χ2n) is 5.55. The van der Waals surface area contributed by atoms with E-state index < -0.39 is 5.60 Å². The van der Waals surface area contributed by atoms with Gasteiger partial charge in [-0.15, -0.1) is 0 Å². The first-order valence-electron chi connectivity index (χ1n) is 7.23. The molecule has 2 atom stereocenters. The van der Waals surface area contributed by atoms with E-state index in [0.717, 1.165) is 11.1 Å². The average molecular weight is 380 g/mol. The number of hydrogen-bond donors (Lipinski definition) is 0. The van der Waals surface area contributed by atoms with Crippen LogP contribution in [0.4, 0.5) is 0 Å².